The van der Waals surface area contributed by atoms with Crippen LogP contribution in [0.15, 0.2) is 62.2 Å². The van der Waals surface area contributed by atoms with E-state index in [1.54, 1.807) is 11.1 Å². The van der Waals surface area contributed by atoms with E-state index in [1.165, 1.54) is 5.01 Å². The van der Waals surface area contributed by atoms with Crippen LogP contribution in [0.5, 0.6) is 0 Å². The lowest BCUT2D eigenvalue weighted by Crippen LogP contribution is -2.53. The van der Waals surface area contributed by atoms with Crippen molar-refractivity contribution in [1.29, 1.82) is 0 Å². The fourth-order valence-electron chi connectivity index (χ4n) is 4.66. The number of halogens is 1. The van der Waals surface area contributed by atoms with E-state index in [0.29, 0.717) is 38.0 Å². The summed E-state index contributed by atoms with van der Waals surface area (Å²) in [6.45, 7) is 1.34. The van der Waals surface area contributed by atoms with Crippen molar-refractivity contribution in [3.05, 3.63) is 52.9 Å². The van der Waals surface area contributed by atoms with E-state index in [0.717, 1.165) is 10.9 Å². The van der Waals surface area contributed by atoms with E-state index in [2.05, 4.69) is 45.9 Å². The summed E-state index contributed by atoms with van der Waals surface area (Å²) in [6.07, 6.45) is 2.86. The Kier molecular flexibility index (Phi) is 6.95. The van der Waals surface area contributed by atoms with E-state index in [4.69, 9.17) is 29.1 Å². The number of pyridine rings is 1. The standard InChI is InChI=1S/C22H23ClN14O2/c23-16-18(33-35-25)29-17(32-34-24)15(28-16)19(38)30-21-31-22(11-37(21)26)6-9-36(10-7-22)20(39)13-3-1-5-14-12(13)4-2-8-27-14/h1-5,8H,6-7,9-11,26H2,(H,30,31,38)(H4,24,25,29,32,33). The summed E-state index contributed by atoms with van der Waals surface area (Å²) in [5.74, 6) is 15.1. The monoisotopic (exact) mass is 550 g/mol. The molecule has 0 unspecified atom stereocenters. The number of amides is 2. The zero-order chi connectivity index (χ0) is 27.6. The van der Waals surface area contributed by atoms with Gasteiger partial charge in [-0.25, -0.2) is 15.8 Å². The number of nitrogens with one attached hydrogen (secondary N) is 1. The molecule has 0 saturated carbocycles. The topological polar surface area (TPSA) is 231 Å². The summed E-state index contributed by atoms with van der Waals surface area (Å²) in [5.41, 5.74) is 0.561. The maximum absolute atomic E-state index is 13.3. The van der Waals surface area contributed by atoms with Gasteiger partial charge in [0.2, 0.25) is 17.6 Å². The number of carbonyl (C=O) groups is 2. The Morgan fingerprint density at radius 1 is 1.03 bits per heavy atom. The third-order valence-corrected chi connectivity index (χ3v) is 6.79. The van der Waals surface area contributed by atoms with Crippen LogP contribution in [-0.2, 0) is 0 Å². The van der Waals surface area contributed by atoms with E-state index < -0.39 is 11.4 Å². The molecule has 2 fully saturated rings. The van der Waals surface area contributed by atoms with Crippen LogP contribution < -0.4 is 22.8 Å². The van der Waals surface area contributed by atoms with Crippen LogP contribution in [-0.4, -0.2) is 67.8 Å². The zero-order valence-corrected chi connectivity index (χ0v) is 21.2. The van der Waals surface area contributed by atoms with Crippen LogP contribution in [0.25, 0.3) is 10.9 Å². The summed E-state index contributed by atoms with van der Waals surface area (Å²) in [4.78, 5) is 44.4. The van der Waals surface area contributed by atoms with Gasteiger partial charge in [-0.1, -0.05) is 34.2 Å². The van der Waals surface area contributed by atoms with E-state index in [1.807, 2.05) is 30.3 Å². The number of benzene rings is 1. The maximum Gasteiger partial charge on any atom is 0.302 e. The van der Waals surface area contributed by atoms with Crippen LogP contribution in [0.2, 0.25) is 5.15 Å². The second kappa shape index (κ2) is 10.5. The molecule has 7 N–H and O–H groups in total. The molecule has 16 nitrogen and oxygen atoms in total. The van der Waals surface area contributed by atoms with Crippen molar-refractivity contribution < 1.29 is 9.59 Å². The molecule has 0 atom stereocenters. The van der Waals surface area contributed by atoms with Crippen LogP contribution in [0, 0.1) is 0 Å². The van der Waals surface area contributed by atoms with Crippen molar-refractivity contribution in [2.75, 3.05) is 19.6 Å². The Labute approximate surface area is 226 Å². The Morgan fingerprint density at radius 3 is 2.51 bits per heavy atom. The molecular formula is C22H23ClN14O2. The van der Waals surface area contributed by atoms with E-state index in [9.17, 15) is 9.59 Å². The van der Waals surface area contributed by atoms with E-state index in [-0.39, 0.29) is 34.3 Å². The average Bonchev–Trinajstić information content (AvgIpc) is 3.23. The van der Waals surface area contributed by atoms with Gasteiger partial charge in [0.05, 0.1) is 17.6 Å². The van der Waals surface area contributed by atoms with Gasteiger partial charge < -0.3 is 21.9 Å². The molecule has 2 aliphatic rings. The number of hydrogen-bond donors (Lipinski definition) is 4. The smallest absolute Gasteiger partial charge is 0.302 e. The number of aliphatic imine (C=N–C) groups is 1. The van der Waals surface area contributed by atoms with Crippen molar-refractivity contribution >= 4 is 51.9 Å². The first-order valence-corrected chi connectivity index (χ1v) is 12.1. The van der Waals surface area contributed by atoms with Gasteiger partial charge in [0.15, 0.2) is 10.8 Å². The summed E-state index contributed by atoms with van der Waals surface area (Å²) in [5, 5.41) is 18.5. The quantitative estimate of drug-likeness (QED) is 0.208. The van der Waals surface area contributed by atoms with Crippen molar-refractivity contribution in [1.82, 2.24) is 30.2 Å². The van der Waals surface area contributed by atoms with Gasteiger partial charge in [0, 0.05) is 30.2 Å². The number of nitrogens with zero attached hydrogens (tertiary/aromatic N) is 10. The summed E-state index contributed by atoms with van der Waals surface area (Å²) in [7, 11) is 0. The number of likely N-dealkylation sites (tertiary alicyclic amines) is 1. The molecule has 5 rings (SSSR count). The molecule has 0 aliphatic carbocycles. The molecule has 2 aliphatic heterocycles. The first kappa shape index (κ1) is 25.8. The summed E-state index contributed by atoms with van der Waals surface area (Å²) >= 11 is 6.03. The maximum atomic E-state index is 13.3. The second-order valence-corrected chi connectivity index (χ2v) is 9.24. The molecule has 3 aromatic rings. The Hall–Kier alpha value is -4.83. The van der Waals surface area contributed by atoms with E-state index >= 15 is 0 Å². The van der Waals surface area contributed by atoms with Crippen molar-refractivity contribution in [3.63, 3.8) is 0 Å². The zero-order valence-electron chi connectivity index (χ0n) is 20.4. The molecule has 0 bridgehead atoms. The van der Waals surface area contributed by atoms with Gasteiger partial charge >= 0.3 is 5.91 Å². The van der Waals surface area contributed by atoms with Gasteiger partial charge in [-0.15, -0.1) is 10.2 Å². The minimum Gasteiger partial charge on any atom is -0.347 e. The Balaban J connectivity index is 1.31. The van der Waals surface area contributed by atoms with Crippen molar-refractivity contribution in [2.24, 2.45) is 43.2 Å². The molecule has 1 spiro atoms. The third-order valence-electron chi connectivity index (χ3n) is 6.54. The number of nitrogens with two attached hydrogens (primary N) is 3. The predicted molar refractivity (Wildman–Crippen MR) is 140 cm³/mol. The lowest BCUT2D eigenvalue weighted by Gasteiger charge is -2.38. The highest BCUT2D eigenvalue weighted by molar-refractivity contribution is 6.31. The Bertz CT molecular complexity index is 1530. The van der Waals surface area contributed by atoms with Crippen LogP contribution >= 0.6 is 11.6 Å². The predicted octanol–water partition coefficient (Wildman–Crippen LogP) is 1.54. The van der Waals surface area contributed by atoms with Crippen LogP contribution in [0.4, 0.5) is 11.6 Å². The minimum atomic E-state index is -0.838. The largest absolute Gasteiger partial charge is 0.347 e. The van der Waals surface area contributed by atoms with Gasteiger partial charge in [0.25, 0.3) is 5.91 Å². The number of hydrogen-bond acceptors (Lipinski definition) is 10. The number of rotatable bonds is 4. The summed E-state index contributed by atoms with van der Waals surface area (Å²) in [6, 6.07) is 9.21. The van der Waals surface area contributed by atoms with Crippen molar-refractivity contribution in [2.45, 2.75) is 18.4 Å². The van der Waals surface area contributed by atoms with Crippen LogP contribution in [0.1, 0.15) is 33.7 Å². The molecular weight excluding hydrogens is 528 g/mol. The fraction of sp³-hybridized carbons (Fsp3) is 0.273. The fourth-order valence-corrected chi connectivity index (χ4v) is 4.82. The average molecular weight is 551 g/mol. The molecule has 17 heteroatoms. The first-order chi connectivity index (χ1) is 18.8. The van der Waals surface area contributed by atoms with Gasteiger partial charge in [-0.2, -0.15) is 4.99 Å². The Morgan fingerprint density at radius 2 is 1.77 bits per heavy atom. The highest BCUT2D eigenvalue weighted by Crippen LogP contribution is 2.30. The van der Waals surface area contributed by atoms with Gasteiger partial charge in [0.1, 0.15) is 0 Å². The number of carbonyl (C=O) groups excluding carboxylic acids is 2. The normalized spacial score (nSPS) is 18.1. The van der Waals surface area contributed by atoms with Gasteiger partial charge in [-0.05, 0) is 31.0 Å². The number of guanidine groups is 1. The highest BCUT2D eigenvalue weighted by atomic mass is 35.5. The molecule has 2 saturated heterocycles. The molecule has 39 heavy (non-hydrogen) atoms. The number of piperidine rings is 1. The number of fused-ring (bicyclic) bond motifs is 1. The molecule has 2 amide bonds. The molecule has 4 heterocycles. The minimum absolute atomic E-state index is 0.0650. The molecule has 0 radical (unpaired) electrons. The second-order valence-electron chi connectivity index (χ2n) is 8.88. The van der Waals surface area contributed by atoms with Crippen LogP contribution in [0.3, 0.4) is 0 Å². The molecule has 200 valence electrons. The highest BCUT2D eigenvalue weighted by Gasteiger charge is 2.44. The molecule has 2 aromatic heterocycles. The molecule has 1 aromatic carbocycles. The summed E-state index contributed by atoms with van der Waals surface area (Å²) < 4.78 is 0. The number of aromatic nitrogens is 3. The first-order valence-electron chi connectivity index (χ1n) is 11.7. The number of hydrazine groups is 1. The SMILES string of the molecule is NN=Nc1nc(N=NN)c(C(=O)/N=C2/NC3(CCN(C(=O)c4cccc5ncccc45)CC3)CN2N)nc1Cl. The lowest BCUT2D eigenvalue weighted by molar-refractivity contribution is 0.0662. The third kappa shape index (κ3) is 5.01. The van der Waals surface area contributed by atoms with Crippen molar-refractivity contribution in [3.8, 4) is 0 Å². The lowest BCUT2D eigenvalue weighted by atomic mass is 9.88. The van der Waals surface area contributed by atoms with Gasteiger partial charge in [-0.3, -0.25) is 19.6 Å².